The van der Waals surface area contributed by atoms with Gasteiger partial charge in [-0.3, -0.25) is 4.90 Å². The van der Waals surface area contributed by atoms with Crippen molar-refractivity contribution in [2.24, 2.45) is 5.92 Å². The van der Waals surface area contributed by atoms with Crippen LogP contribution < -0.4 is 9.04 Å². The van der Waals surface area contributed by atoms with Crippen molar-refractivity contribution in [3.05, 3.63) is 44.6 Å². The van der Waals surface area contributed by atoms with E-state index in [9.17, 15) is 8.42 Å². The van der Waals surface area contributed by atoms with Crippen LogP contribution >= 0.6 is 0 Å². The van der Waals surface area contributed by atoms with Gasteiger partial charge in [-0.15, -0.1) is 0 Å². The lowest BCUT2D eigenvalue weighted by atomic mass is 9.77. The zero-order valence-corrected chi connectivity index (χ0v) is 17.0. The average molecular weight is 413 g/mol. The molecule has 2 saturated heterocycles. The highest BCUT2D eigenvalue weighted by atomic mass is 32.2. The first kappa shape index (κ1) is 20.8. The second-order valence-electron chi connectivity index (χ2n) is 7.78. The van der Waals surface area contributed by atoms with Crippen LogP contribution in [0.1, 0.15) is 36.4 Å². The molecule has 1 aromatic carbocycles. The molecule has 28 heavy (non-hydrogen) atoms. The molecule has 4 rings (SSSR count). The second kappa shape index (κ2) is 8.22. The van der Waals surface area contributed by atoms with Crippen molar-refractivity contribution in [2.45, 2.75) is 37.8 Å². The first-order valence-electron chi connectivity index (χ1n) is 9.49. The molecular weight excluding hydrogens is 386 g/mol. The third kappa shape index (κ3) is 4.39. The number of ether oxygens (including phenoxy) is 1. The minimum atomic E-state index is -3.04. The highest BCUT2D eigenvalue weighted by Gasteiger charge is 2.47. The summed E-state index contributed by atoms with van der Waals surface area (Å²) >= 11 is 0. The first-order valence-corrected chi connectivity index (χ1v) is 11.4. The quantitative estimate of drug-likeness (QED) is 0.550. The molecule has 0 aromatic heterocycles. The maximum absolute atomic E-state index is 12.3. The van der Waals surface area contributed by atoms with Crippen molar-refractivity contribution in [3.8, 4) is 5.75 Å². The van der Waals surface area contributed by atoms with E-state index in [1.165, 1.54) is 23.8 Å². The molecule has 2 fully saturated rings. The summed E-state index contributed by atoms with van der Waals surface area (Å²) in [5.74, 6) is 1.43. The van der Waals surface area contributed by atoms with Crippen LogP contribution in [0.3, 0.4) is 0 Å². The van der Waals surface area contributed by atoms with Gasteiger partial charge in [-0.2, -0.15) is 8.42 Å². The minimum absolute atomic E-state index is 0.239. The fourth-order valence-electron chi connectivity index (χ4n) is 5.09. The molecule has 3 aliphatic heterocycles. The third-order valence-electron chi connectivity index (χ3n) is 6.22. The van der Waals surface area contributed by atoms with Gasteiger partial charge in [-0.05, 0) is 42.5 Å². The van der Waals surface area contributed by atoms with Crippen LogP contribution in [0.25, 0.3) is 0 Å². The Labute approximate surface area is 165 Å². The topological polar surface area (TPSA) is 117 Å². The number of hydrogen-bond acceptors (Lipinski definition) is 7. The van der Waals surface area contributed by atoms with Crippen LogP contribution in [-0.4, -0.2) is 57.4 Å². The van der Waals surface area contributed by atoms with Crippen molar-refractivity contribution in [3.63, 3.8) is 0 Å². The van der Waals surface area contributed by atoms with Crippen LogP contribution in [0.2, 0.25) is 0 Å². The Morgan fingerprint density at radius 2 is 2.04 bits per heavy atom. The van der Waals surface area contributed by atoms with E-state index in [0.29, 0.717) is 12.0 Å². The summed E-state index contributed by atoms with van der Waals surface area (Å²) in [6.45, 7) is 2.88. The molecule has 1 aromatic rings. The molecule has 0 aliphatic carbocycles. The maximum atomic E-state index is 12.3. The Bertz CT molecular complexity index is 827. The molecule has 1 unspecified atom stereocenters. The van der Waals surface area contributed by atoms with Gasteiger partial charge >= 0.3 is 0 Å². The largest absolute Gasteiger partial charge is 0.497 e. The summed E-state index contributed by atoms with van der Waals surface area (Å²) in [6, 6.07) is 6.98. The van der Waals surface area contributed by atoms with Crippen molar-refractivity contribution in [1.82, 2.24) is 4.90 Å². The van der Waals surface area contributed by atoms with Crippen LogP contribution in [0.4, 0.5) is 0 Å². The van der Waals surface area contributed by atoms with Crippen LogP contribution in [-0.2, 0) is 16.4 Å². The van der Waals surface area contributed by atoms with Crippen LogP contribution in [0.5, 0.6) is 5.75 Å². The van der Waals surface area contributed by atoms with Crippen molar-refractivity contribution in [2.75, 3.05) is 33.0 Å². The number of nitrogens with one attached hydrogen (secondary N) is 1. The summed E-state index contributed by atoms with van der Waals surface area (Å²) in [4.78, 5) is 10.8. The first-order chi connectivity index (χ1) is 13.2. The minimum Gasteiger partial charge on any atom is -0.497 e. The van der Waals surface area contributed by atoms with E-state index in [4.69, 9.17) is 20.1 Å². The van der Waals surface area contributed by atoms with E-state index in [-0.39, 0.29) is 6.04 Å². The number of quaternary nitrogens is 1. The fourth-order valence-corrected chi connectivity index (χ4v) is 6.45. The number of piperidine rings is 2. The Balaban J connectivity index is 0.000000516. The van der Waals surface area contributed by atoms with E-state index in [0.717, 1.165) is 49.0 Å². The van der Waals surface area contributed by atoms with Gasteiger partial charge in [0.15, 0.2) is 0 Å². The third-order valence-corrected chi connectivity index (χ3v) is 7.68. The monoisotopic (exact) mass is 413 g/mol. The molecule has 1 N–H and O–H groups in total. The predicted molar refractivity (Wildman–Crippen MR) is 103 cm³/mol. The molecule has 0 bridgehead atoms. The van der Waals surface area contributed by atoms with Gasteiger partial charge in [0.25, 0.3) is 10.0 Å². The number of fused-ring (bicyclic) bond motifs is 4. The molecule has 3 aliphatic rings. The van der Waals surface area contributed by atoms with E-state index in [2.05, 4.69) is 17.0 Å². The van der Waals surface area contributed by atoms with Gasteiger partial charge in [-0.1, -0.05) is 6.07 Å². The van der Waals surface area contributed by atoms with E-state index in [1.54, 1.807) is 7.11 Å². The summed E-state index contributed by atoms with van der Waals surface area (Å²) < 4.78 is 30.7. The van der Waals surface area contributed by atoms with Gasteiger partial charge in [0.1, 0.15) is 11.8 Å². The van der Waals surface area contributed by atoms with Gasteiger partial charge in [0.2, 0.25) is 0 Å². The molecule has 10 heteroatoms. The molecule has 0 radical (unpaired) electrons. The second-order valence-corrected chi connectivity index (χ2v) is 9.85. The van der Waals surface area contributed by atoms with Gasteiger partial charge in [-0.25, -0.2) is 4.31 Å². The normalized spacial score (nSPS) is 29.4. The molecule has 0 amide bonds. The molecular formula is C18H27N3O6S. The molecule has 0 saturated carbocycles. The van der Waals surface area contributed by atoms with Crippen molar-refractivity contribution < 1.29 is 22.5 Å². The molecule has 3 heterocycles. The number of sulfonamides is 1. The van der Waals surface area contributed by atoms with Crippen molar-refractivity contribution >= 4 is 10.0 Å². The molecule has 156 valence electrons. The molecule has 4 atom stereocenters. The Hall–Kier alpha value is -1.91. The van der Waals surface area contributed by atoms with E-state index in [1.807, 2.05) is 6.07 Å². The lowest BCUT2D eigenvalue weighted by Crippen LogP contribution is -3.19. The molecule has 0 spiro atoms. The lowest BCUT2D eigenvalue weighted by molar-refractivity contribution is -0.812. The van der Waals surface area contributed by atoms with E-state index >= 15 is 0 Å². The highest BCUT2D eigenvalue weighted by molar-refractivity contribution is 7.84. The van der Waals surface area contributed by atoms with Gasteiger partial charge in [0.05, 0.1) is 25.0 Å². The van der Waals surface area contributed by atoms with Crippen molar-refractivity contribution in [1.29, 1.82) is 0 Å². The Kier molecular flexibility index (Phi) is 6.11. The number of methoxy groups -OCH3 is 1. The average Bonchev–Trinajstić information content (AvgIpc) is 2.64. The standard InChI is InChI=1S/C18H26N2O3S.NO3/c1-23-15-5-6-16-13(10-15)7-9-19-12-14-4-3-8-20(24(2,21)22)17(14)11-18(16)19;2-1(3)4/h5-6,10,14,17-18H,3-4,7-9,11-12H2,1-2H3;/q;-1/p+1/t14-,17+,18+;/m1./s1. The van der Waals surface area contributed by atoms with Gasteiger partial charge < -0.3 is 20.1 Å². The lowest BCUT2D eigenvalue weighted by Gasteiger charge is -2.49. The van der Waals surface area contributed by atoms with Gasteiger partial charge in [0, 0.05) is 31.5 Å². The zero-order chi connectivity index (χ0) is 20.5. The molecule has 9 nitrogen and oxygen atoms in total. The van der Waals surface area contributed by atoms with Crippen LogP contribution in [0.15, 0.2) is 18.2 Å². The number of nitrogens with zero attached hydrogens (tertiary/aromatic N) is 2. The maximum Gasteiger partial charge on any atom is 0.292 e. The zero-order valence-electron chi connectivity index (χ0n) is 16.2. The van der Waals surface area contributed by atoms with Crippen LogP contribution in [0, 0.1) is 21.2 Å². The summed E-state index contributed by atoms with van der Waals surface area (Å²) in [6.07, 6.45) is 5.60. The Morgan fingerprint density at radius 3 is 2.68 bits per heavy atom. The summed E-state index contributed by atoms with van der Waals surface area (Å²) in [5, 5.41) is 14.8. The number of rotatable bonds is 2. The highest BCUT2D eigenvalue weighted by Crippen LogP contribution is 2.40. The smallest absolute Gasteiger partial charge is 0.292 e. The number of hydrogen-bond donors (Lipinski definition) is 1. The fraction of sp³-hybridized carbons (Fsp3) is 0.667. The summed E-state index contributed by atoms with van der Waals surface area (Å²) in [7, 11) is -1.34. The SMILES string of the molecule is COc1ccc2c(c1)CCN1C[C@H]3CCC[NH+](S(C)(=O)=O)[C@H]3C[C@@H]21.O=[N+]([O-])[O-]. The van der Waals surface area contributed by atoms with E-state index < -0.39 is 15.1 Å². The predicted octanol–water partition coefficient (Wildman–Crippen LogP) is 0.382. The number of benzene rings is 1. The summed E-state index contributed by atoms with van der Waals surface area (Å²) in [5.41, 5.74) is 2.74. The Morgan fingerprint density at radius 1 is 1.32 bits per heavy atom.